The van der Waals surface area contributed by atoms with Crippen molar-refractivity contribution in [2.45, 2.75) is 17.9 Å². The van der Waals surface area contributed by atoms with Crippen LogP contribution in [0.1, 0.15) is 22.3 Å². The van der Waals surface area contributed by atoms with Crippen molar-refractivity contribution in [3.63, 3.8) is 0 Å². The topological polar surface area (TPSA) is 93.2 Å². The van der Waals surface area contributed by atoms with Gasteiger partial charge in [-0.3, -0.25) is 9.59 Å². The van der Waals surface area contributed by atoms with E-state index in [9.17, 15) is 22.4 Å². The standard InChI is InChI=1S/C22H25FN2O6S/c1-30-21(26)9-10-24(16-17-5-3-2-4-6-17)22(27)18-7-8-19(23)20(15-18)32(28,29)25-11-13-31-14-12-25/h2-8,15H,9-14,16H2,1H3. The number of rotatable bonds is 8. The van der Waals surface area contributed by atoms with Crippen LogP contribution in [0.4, 0.5) is 4.39 Å². The van der Waals surface area contributed by atoms with Gasteiger partial charge in [0.15, 0.2) is 0 Å². The van der Waals surface area contributed by atoms with Crippen LogP contribution in [-0.2, 0) is 30.8 Å². The lowest BCUT2D eigenvalue weighted by Crippen LogP contribution is -2.41. The molecule has 1 amide bonds. The van der Waals surface area contributed by atoms with Gasteiger partial charge in [-0.25, -0.2) is 12.8 Å². The molecule has 0 saturated carbocycles. The molecular formula is C22H25FN2O6S. The molecule has 0 aliphatic carbocycles. The fourth-order valence-electron chi connectivity index (χ4n) is 3.33. The van der Waals surface area contributed by atoms with E-state index in [1.54, 1.807) is 0 Å². The zero-order valence-corrected chi connectivity index (χ0v) is 18.5. The predicted molar refractivity (Wildman–Crippen MR) is 114 cm³/mol. The molecule has 1 fully saturated rings. The van der Waals surface area contributed by atoms with Crippen LogP contribution in [0.5, 0.6) is 0 Å². The van der Waals surface area contributed by atoms with Crippen LogP contribution in [0, 0.1) is 5.82 Å². The quantitative estimate of drug-likeness (QED) is 0.555. The maximum atomic E-state index is 14.5. The molecule has 0 bridgehead atoms. The summed E-state index contributed by atoms with van der Waals surface area (Å²) < 4.78 is 51.4. The molecule has 8 nitrogen and oxygen atoms in total. The first-order chi connectivity index (χ1) is 15.3. The van der Waals surface area contributed by atoms with Gasteiger partial charge in [-0.15, -0.1) is 0 Å². The SMILES string of the molecule is COC(=O)CCN(Cc1ccccc1)C(=O)c1ccc(F)c(S(=O)(=O)N2CCOCC2)c1. The van der Waals surface area contributed by atoms with Gasteiger partial charge in [0.25, 0.3) is 5.91 Å². The number of morpholine rings is 1. The van der Waals surface area contributed by atoms with Crippen LogP contribution in [-0.4, -0.2) is 69.5 Å². The maximum absolute atomic E-state index is 14.5. The summed E-state index contributed by atoms with van der Waals surface area (Å²) in [7, 11) is -2.87. The molecule has 0 atom stereocenters. The number of esters is 1. The Hall–Kier alpha value is -2.82. The Morgan fingerprint density at radius 2 is 1.81 bits per heavy atom. The second-order valence-corrected chi connectivity index (χ2v) is 9.11. The second-order valence-electron chi connectivity index (χ2n) is 7.20. The van der Waals surface area contributed by atoms with Gasteiger partial charge in [-0.05, 0) is 23.8 Å². The van der Waals surface area contributed by atoms with E-state index in [-0.39, 0.29) is 51.4 Å². The molecule has 2 aromatic rings. The first-order valence-corrected chi connectivity index (χ1v) is 11.5. The van der Waals surface area contributed by atoms with Crippen LogP contribution in [0.25, 0.3) is 0 Å². The van der Waals surface area contributed by atoms with Crippen LogP contribution >= 0.6 is 0 Å². The molecule has 0 spiro atoms. The van der Waals surface area contributed by atoms with Gasteiger partial charge in [0, 0.05) is 31.7 Å². The van der Waals surface area contributed by atoms with Gasteiger partial charge < -0.3 is 14.4 Å². The van der Waals surface area contributed by atoms with E-state index in [1.807, 2.05) is 30.3 Å². The number of nitrogens with zero attached hydrogens (tertiary/aromatic N) is 2. The molecule has 0 aromatic heterocycles. The normalized spacial score (nSPS) is 14.7. The minimum absolute atomic E-state index is 0.0130. The summed E-state index contributed by atoms with van der Waals surface area (Å²) in [5.74, 6) is -1.93. The number of hydrogen-bond acceptors (Lipinski definition) is 6. The van der Waals surface area contributed by atoms with E-state index in [1.165, 1.54) is 18.1 Å². The van der Waals surface area contributed by atoms with Crippen molar-refractivity contribution >= 4 is 21.9 Å². The molecule has 32 heavy (non-hydrogen) atoms. The molecule has 1 aliphatic rings. The first kappa shape index (κ1) is 23.8. The van der Waals surface area contributed by atoms with Crippen molar-refractivity contribution < 1.29 is 31.9 Å². The fourth-order valence-corrected chi connectivity index (χ4v) is 4.83. The third-order valence-corrected chi connectivity index (χ3v) is 7.00. The lowest BCUT2D eigenvalue weighted by molar-refractivity contribution is -0.140. The molecule has 2 aromatic carbocycles. The van der Waals surface area contributed by atoms with Gasteiger partial charge in [0.2, 0.25) is 10.0 Å². The molecular weight excluding hydrogens is 439 g/mol. The molecule has 1 aliphatic heterocycles. The summed E-state index contributed by atoms with van der Waals surface area (Å²) in [6.07, 6.45) is -0.0325. The minimum Gasteiger partial charge on any atom is -0.469 e. The van der Waals surface area contributed by atoms with Gasteiger partial charge in [0.05, 0.1) is 26.7 Å². The van der Waals surface area contributed by atoms with Crippen LogP contribution in [0.3, 0.4) is 0 Å². The maximum Gasteiger partial charge on any atom is 0.307 e. The van der Waals surface area contributed by atoms with Crippen molar-refractivity contribution in [2.75, 3.05) is 40.0 Å². The summed E-state index contributed by atoms with van der Waals surface area (Å²) in [5.41, 5.74) is 0.841. The highest BCUT2D eigenvalue weighted by molar-refractivity contribution is 7.89. The van der Waals surface area contributed by atoms with Crippen LogP contribution in [0.2, 0.25) is 0 Å². The molecule has 0 radical (unpaired) electrons. The summed E-state index contributed by atoms with van der Waals surface area (Å²) in [5, 5.41) is 0. The number of hydrogen-bond donors (Lipinski definition) is 0. The monoisotopic (exact) mass is 464 g/mol. The van der Waals surface area contributed by atoms with Gasteiger partial charge in [0.1, 0.15) is 10.7 Å². The largest absolute Gasteiger partial charge is 0.469 e. The number of methoxy groups -OCH3 is 1. The average molecular weight is 465 g/mol. The van der Waals surface area contributed by atoms with Crippen LogP contribution < -0.4 is 0 Å². The van der Waals surface area contributed by atoms with Gasteiger partial charge >= 0.3 is 5.97 Å². The second kappa shape index (κ2) is 10.7. The third kappa shape index (κ3) is 5.70. The van der Waals surface area contributed by atoms with Crippen molar-refractivity contribution in [3.05, 3.63) is 65.5 Å². The Morgan fingerprint density at radius 1 is 1.12 bits per heavy atom. The van der Waals surface area contributed by atoms with E-state index in [4.69, 9.17) is 4.74 Å². The molecule has 3 rings (SSSR count). The molecule has 0 unspecified atom stereocenters. The number of carbonyl (C=O) groups is 2. The summed E-state index contributed by atoms with van der Waals surface area (Å²) >= 11 is 0. The Morgan fingerprint density at radius 3 is 2.47 bits per heavy atom. The van der Waals surface area contributed by atoms with Crippen molar-refractivity contribution in [2.24, 2.45) is 0 Å². The number of benzene rings is 2. The lowest BCUT2D eigenvalue weighted by Gasteiger charge is -2.27. The Bertz CT molecular complexity index is 1060. The summed E-state index contributed by atoms with van der Waals surface area (Å²) in [6, 6.07) is 12.4. The van der Waals surface area contributed by atoms with Crippen molar-refractivity contribution in [3.8, 4) is 0 Å². The number of carbonyl (C=O) groups excluding carboxylic acids is 2. The van der Waals surface area contributed by atoms with E-state index < -0.39 is 32.6 Å². The molecule has 172 valence electrons. The summed E-state index contributed by atoms with van der Waals surface area (Å²) in [4.78, 5) is 25.7. The number of halogens is 1. The first-order valence-electron chi connectivity index (χ1n) is 10.1. The minimum atomic E-state index is -4.13. The number of ether oxygens (including phenoxy) is 2. The fraction of sp³-hybridized carbons (Fsp3) is 0.364. The van der Waals surface area contributed by atoms with Crippen molar-refractivity contribution in [1.29, 1.82) is 0 Å². The van der Waals surface area contributed by atoms with E-state index in [0.29, 0.717) is 0 Å². The molecule has 0 N–H and O–H groups in total. The highest BCUT2D eigenvalue weighted by atomic mass is 32.2. The van der Waals surface area contributed by atoms with E-state index in [2.05, 4.69) is 4.74 Å². The van der Waals surface area contributed by atoms with E-state index >= 15 is 0 Å². The van der Waals surface area contributed by atoms with E-state index in [0.717, 1.165) is 22.0 Å². The lowest BCUT2D eigenvalue weighted by atomic mass is 10.1. The summed E-state index contributed by atoms with van der Waals surface area (Å²) in [6.45, 7) is 0.914. The van der Waals surface area contributed by atoms with Gasteiger partial charge in [-0.2, -0.15) is 4.31 Å². The molecule has 1 heterocycles. The Kier molecular flexibility index (Phi) is 7.94. The van der Waals surface area contributed by atoms with Crippen molar-refractivity contribution in [1.82, 2.24) is 9.21 Å². The van der Waals surface area contributed by atoms with Crippen LogP contribution in [0.15, 0.2) is 53.4 Å². The zero-order chi connectivity index (χ0) is 23.1. The smallest absolute Gasteiger partial charge is 0.307 e. The number of sulfonamides is 1. The molecule has 1 saturated heterocycles. The highest BCUT2D eigenvalue weighted by Crippen LogP contribution is 2.23. The Balaban J connectivity index is 1.89. The van der Waals surface area contributed by atoms with Gasteiger partial charge in [-0.1, -0.05) is 30.3 Å². The third-order valence-electron chi connectivity index (χ3n) is 5.08. The Labute approximate surface area is 186 Å². The average Bonchev–Trinajstić information content (AvgIpc) is 2.82. The highest BCUT2D eigenvalue weighted by Gasteiger charge is 2.30. The molecule has 10 heteroatoms. The number of amides is 1. The predicted octanol–water partition coefficient (Wildman–Crippen LogP) is 2.05. The zero-order valence-electron chi connectivity index (χ0n) is 17.7.